The van der Waals surface area contributed by atoms with Gasteiger partial charge in [0.15, 0.2) is 0 Å². The Kier molecular flexibility index (Phi) is 2.03. The van der Waals surface area contributed by atoms with Gasteiger partial charge in [-0.05, 0) is 0 Å². The Bertz CT molecular complexity index is 105. The quantitative estimate of drug-likeness (QED) is 0.533. The molecule has 1 saturated heterocycles. The third-order valence-electron chi connectivity index (χ3n) is 1.93. The minimum atomic E-state index is 0.333. The van der Waals surface area contributed by atoms with Crippen molar-refractivity contribution in [2.45, 2.75) is 6.04 Å². The van der Waals surface area contributed by atoms with Crippen LogP contribution >= 0.6 is 11.8 Å². The van der Waals surface area contributed by atoms with Crippen molar-refractivity contribution in [3.8, 4) is 0 Å². The van der Waals surface area contributed by atoms with Gasteiger partial charge in [0.1, 0.15) is 11.9 Å². The topological polar surface area (TPSA) is 20.2 Å². The Hall–Kier alpha value is 0.270. The monoisotopic (exact) mass is 148 g/mol. The zero-order valence-electron chi connectivity index (χ0n) is 6.00. The van der Waals surface area contributed by atoms with E-state index in [4.69, 9.17) is 5.11 Å². The number of quaternary nitrogens is 1. The number of aliphatic hydroxyl groups is 1. The number of aliphatic hydroxyl groups excluding tert-OH is 1. The zero-order valence-corrected chi connectivity index (χ0v) is 6.82. The lowest BCUT2D eigenvalue weighted by molar-refractivity contribution is -0.895. The smallest absolute Gasteiger partial charge is 0.125 e. The van der Waals surface area contributed by atoms with Crippen molar-refractivity contribution in [1.82, 2.24) is 0 Å². The first-order valence-corrected chi connectivity index (χ1v) is 4.33. The SMILES string of the molecule is C[N+]1(C)CSC[C@H]1CO. The highest BCUT2D eigenvalue weighted by atomic mass is 32.2. The second kappa shape index (κ2) is 2.48. The highest BCUT2D eigenvalue weighted by Gasteiger charge is 2.33. The number of hydrogen-bond donors (Lipinski definition) is 1. The summed E-state index contributed by atoms with van der Waals surface area (Å²) in [5, 5.41) is 8.87. The molecule has 0 spiro atoms. The van der Waals surface area contributed by atoms with Gasteiger partial charge >= 0.3 is 0 Å². The molecule has 3 heteroatoms. The molecule has 9 heavy (non-hydrogen) atoms. The van der Waals surface area contributed by atoms with Gasteiger partial charge in [-0.3, -0.25) is 0 Å². The van der Waals surface area contributed by atoms with E-state index >= 15 is 0 Å². The molecule has 0 aliphatic carbocycles. The summed E-state index contributed by atoms with van der Waals surface area (Å²) in [6.45, 7) is 0.333. The van der Waals surface area contributed by atoms with E-state index < -0.39 is 0 Å². The summed E-state index contributed by atoms with van der Waals surface area (Å²) >= 11 is 1.93. The Morgan fingerprint density at radius 1 is 1.67 bits per heavy atom. The van der Waals surface area contributed by atoms with Gasteiger partial charge < -0.3 is 9.59 Å². The fraction of sp³-hybridized carbons (Fsp3) is 1.00. The van der Waals surface area contributed by atoms with Crippen LogP contribution in [0, 0.1) is 0 Å². The molecule has 0 bridgehead atoms. The lowest BCUT2D eigenvalue weighted by atomic mass is 10.3. The van der Waals surface area contributed by atoms with Gasteiger partial charge in [-0.15, -0.1) is 0 Å². The molecule has 0 unspecified atom stereocenters. The van der Waals surface area contributed by atoms with Crippen LogP contribution < -0.4 is 0 Å². The molecule has 0 amide bonds. The largest absolute Gasteiger partial charge is 0.390 e. The first-order valence-electron chi connectivity index (χ1n) is 3.18. The van der Waals surface area contributed by atoms with E-state index in [0.717, 1.165) is 16.1 Å². The molecule has 1 atom stereocenters. The van der Waals surface area contributed by atoms with Crippen LogP contribution in [0.5, 0.6) is 0 Å². The summed E-state index contributed by atoms with van der Waals surface area (Å²) in [4.78, 5) is 0. The van der Waals surface area contributed by atoms with Crippen LogP contribution in [0.4, 0.5) is 0 Å². The van der Waals surface area contributed by atoms with Crippen LogP contribution in [-0.4, -0.2) is 48.0 Å². The van der Waals surface area contributed by atoms with Crippen molar-refractivity contribution < 1.29 is 9.59 Å². The molecule has 1 aliphatic rings. The Balaban J connectivity index is 2.52. The van der Waals surface area contributed by atoms with Crippen LogP contribution in [-0.2, 0) is 0 Å². The zero-order chi connectivity index (χ0) is 6.91. The molecule has 0 aromatic heterocycles. The second-order valence-corrected chi connectivity index (χ2v) is 4.11. The number of likely N-dealkylation sites (N-methyl/N-ethyl adjacent to an activating group) is 1. The van der Waals surface area contributed by atoms with Gasteiger partial charge in [-0.25, -0.2) is 0 Å². The van der Waals surface area contributed by atoms with Gasteiger partial charge in [-0.1, -0.05) is 11.8 Å². The van der Waals surface area contributed by atoms with Crippen molar-refractivity contribution in [3.63, 3.8) is 0 Å². The molecule has 1 rings (SSSR count). The Morgan fingerprint density at radius 2 is 2.33 bits per heavy atom. The lowest BCUT2D eigenvalue weighted by Gasteiger charge is -2.28. The maximum absolute atomic E-state index is 8.87. The third kappa shape index (κ3) is 1.39. The maximum atomic E-state index is 8.87. The number of rotatable bonds is 1. The fourth-order valence-electron chi connectivity index (χ4n) is 1.00. The lowest BCUT2D eigenvalue weighted by Crippen LogP contribution is -2.46. The van der Waals surface area contributed by atoms with E-state index in [9.17, 15) is 0 Å². The molecule has 0 aromatic rings. The second-order valence-electron chi connectivity index (χ2n) is 3.11. The molecule has 1 fully saturated rings. The minimum Gasteiger partial charge on any atom is -0.390 e. The maximum Gasteiger partial charge on any atom is 0.125 e. The molecule has 0 aromatic carbocycles. The minimum absolute atomic E-state index is 0.333. The van der Waals surface area contributed by atoms with Gasteiger partial charge in [-0.2, -0.15) is 0 Å². The predicted molar refractivity (Wildman–Crippen MR) is 40.3 cm³/mol. The molecule has 1 N–H and O–H groups in total. The molecule has 1 aliphatic heterocycles. The summed E-state index contributed by atoms with van der Waals surface area (Å²) in [6, 6.07) is 0.468. The normalized spacial score (nSPS) is 33.0. The average Bonchev–Trinajstić information content (AvgIpc) is 2.08. The van der Waals surface area contributed by atoms with Crippen LogP contribution in [0.3, 0.4) is 0 Å². The van der Waals surface area contributed by atoms with E-state index in [-0.39, 0.29) is 0 Å². The standard InChI is InChI=1S/C6H14NOS/c1-7(2)5-9-4-6(7)3-8/h6,8H,3-5H2,1-2H3/q+1/t6-/m1/s1. The van der Waals surface area contributed by atoms with Crippen molar-refractivity contribution >= 4 is 11.8 Å². The van der Waals surface area contributed by atoms with E-state index in [2.05, 4.69) is 14.1 Å². The first kappa shape index (κ1) is 7.38. The molecule has 54 valence electrons. The summed E-state index contributed by atoms with van der Waals surface area (Å²) < 4.78 is 0.973. The van der Waals surface area contributed by atoms with Gasteiger partial charge in [0.2, 0.25) is 0 Å². The van der Waals surface area contributed by atoms with Crippen LogP contribution in [0.15, 0.2) is 0 Å². The Labute approximate surface area is 60.4 Å². The van der Waals surface area contributed by atoms with Crippen molar-refractivity contribution in [3.05, 3.63) is 0 Å². The van der Waals surface area contributed by atoms with Gasteiger partial charge in [0.25, 0.3) is 0 Å². The first-order chi connectivity index (χ1) is 4.17. The van der Waals surface area contributed by atoms with Crippen molar-refractivity contribution in [1.29, 1.82) is 0 Å². The summed E-state index contributed by atoms with van der Waals surface area (Å²) in [7, 11) is 4.34. The third-order valence-corrected chi connectivity index (χ3v) is 3.40. The average molecular weight is 148 g/mol. The summed E-state index contributed by atoms with van der Waals surface area (Å²) in [5.41, 5.74) is 0. The van der Waals surface area contributed by atoms with Crippen molar-refractivity contribution in [2.24, 2.45) is 0 Å². The van der Waals surface area contributed by atoms with E-state index in [1.807, 2.05) is 11.8 Å². The van der Waals surface area contributed by atoms with Crippen molar-refractivity contribution in [2.75, 3.05) is 32.3 Å². The molecule has 2 nitrogen and oxygen atoms in total. The number of hydrogen-bond acceptors (Lipinski definition) is 2. The molecular weight excluding hydrogens is 134 g/mol. The van der Waals surface area contributed by atoms with Gasteiger partial charge in [0.05, 0.1) is 26.5 Å². The highest BCUT2D eigenvalue weighted by Crippen LogP contribution is 2.24. The van der Waals surface area contributed by atoms with E-state index in [1.54, 1.807) is 0 Å². The summed E-state index contributed by atoms with van der Waals surface area (Å²) in [5.74, 6) is 2.26. The van der Waals surface area contributed by atoms with Gasteiger partial charge in [0, 0.05) is 0 Å². The molecule has 0 saturated carbocycles. The predicted octanol–water partition coefficient (Wildman–Crippen LogP) is 0.128. The number of thioether (sulfide) groups is 1. The Morgan fingerprint density at radius 3 is 2.56 bits per heavy atom. The molecule has 0 radical (unpaired) electrons. The fourth-order valence-corrected chi connectivity index (χ4v) is 2.57. The van der Waals surface area contributed by atoms with E-state index in [0.29, 0.717) is 12.6 Å². The molecule has 1 heterocycles. The van der Waals surface area contributed by atoms with Crippen LogP contribution in [0.2, 0.25) is 0 Å². The van der Waals surface area contributed by atoms with Crippen LogP contribution in [0.1, 0.15) is 0 Å². The van der Waals surface area contributed by atoms with E-state index in [1.165, 1.54) is 0 Å². The highest BCUT2D eigenvalue weighted by molar-refractivity contribution is 7.99. The molecular formula is C6H14NOS+. The van der Waals surface area contributed by atoms with Crippen LogP contribution in [0.25, 0.3) is 0 Å². The number of nitrogens with zero attached hydrogens (tertiary/aromatic N) is 1. The summed E-state index contributed by atoms with van der Waals surface area (Å²) in [6.07, 6.45) is 0.